The molecule has 0 radical (unpaired) electrons. The Bertz CT molecular complexity index is 637. The van der Waals surface area contributed by atoms with E-state index in [2.05, 4.69) is 10.1 Å². The van der Waals surface area contributed by atoms with Crippen LogP contribution in [0.25, 0.3) is 11.0 Å². The molecule has 0 aliphatic rings. The smallest absolute Gasteiger partial charge is 0.138 e. The molecule has 0 bridgehead atoms. The number of hydrogen-bond acceptors (Lipinski definition) is 4. The zero-order chi connectivity index (χ0) is 12.5. The topological polar surface area (TPSA) is 69.9 Å². The molecule has 92 valence electrons. The van der Waals surface area contributed by atoms with E-state index in [1.807, 2.05) is 37.4 Å². The van der Waals surface area contributed by atoms with Crippen molar-refractivity contribution in [3.63, 3.8) is 0 Å². The highest BCUT2D eigenvalue weighted by atomic mass is 16.3. The number of nitrogens with two attached hydrogens (primary N) is 1. The van der Waals surface area contributed by atoms with Crippen LogP contribution >= 0.6 is 0 Å². The first-order chi connectivity index (χ1) is 8.74. The molecular formula is C13H14N4O. The van der Waals surface area contributed by atoms with E-state index in [1.54, 1.807) is 4.68 Å². The van der Waals surface area contributed by atoms with Crippen molar-refractivity contribution in [1.82, 2.24) is 14.8 Å². The van der Waals surface area contributed by atoms with Crippen molar-refractivity contribution >= 4 is 11.0 Å². The Morgan fingerprint density at radius 3 is 2.94 bits per heavy atom. The first-order valence-corrected chi connectivity index (χ1v) is 5.81. The number of aryl methyl sites for hydroxylation is 1. The molecule has 0 saturated heterocycles. The van der Waals surface area contributed by atoms with Crippen molar-refractivity contribution in [3.05, 3.63) is 48.2 Å². The van der Waals surface area contributed by atoms with Gasteiger partial charge in [0.2, 0.25) is 0 Å². The number of para-hydroxylation sites is 1. The molecule has 5 heteroatoms. The van der Waals surface area contributed by atoms with Gasteiger partial charge >= 0.3 is 0 Å². The molecule has 0 spiro atoms. The Morgan fingerprint density at radius 1 is 1.39 bits per heavy atom. The van der Waals surface area contributed by atoms with E-state index >= 15 is 0 Å². The molecule has 0 fully saturated rings. The monoisotopic (exact) mass is 242 g/mol. The van der Waals surface area contributed by atoms with E-state index in [-0.39, 0.29) is 6.04 Å². The van der Waals surface area contributed by atoms with Gasteiger partial charge in [0.15, 0.2) is 0 Å². The van der Waals surface area contributed by atoms with Gasteiger partial charge < -0.3 is 10.2 Å². The van der Waals surface area contributed by atoms with Crippen LogP contribution in [-0.4, -0.2) is 14.8 Å². The van der Waals surface area contributed by atoms with Gasteiger partial charge in [-0.15, -0.1) is 0 Å². The van der Waals surface area contributed by atoms with E-state index in [4.69, 9.17) is 10.2 Å². The van der Waals surface area contributed by atoms with E-state index in [0.717, 1.165) is 22.6 Å². The van der Waals surface area contributed by atoms with Gasteiger partial charge in [-0.2, -0.15) is 5.10 Å². The predicted octanol–water partition coefficient (Wildman–Crippen LogP) is 1.80. The average Bonchev–Trinajstić information content (AvgIpc) is 2.96. The summed E-state index contributed by atoms with van der Waals surface area (Å²) in [5.41, 5.74) is 7.01. The molecule has 2 N–H and O–H groups in total. The number of fused-ring (bicyclic) bond motifs is 1. The SMILES string of the molecule is Cn1ncnc1CC(N)c1cc2ccccc2o1. The number of rotatable bonds is 3. The third kappa shape index (κ3) is 1.89. The molecular weight excluding hydrogens is 228 g/mol. The summed E-state index contributed by atoms with van der Waals surface area (Å²) in [6, 6.07) is 9.65. The fourth-order valence-corrected chi connectivity index (χ4v) is 1.99. The second-order valence-corrected chi connectivity index (χ2v) is 4.30. The van der Waals surface area contributed by atoms with Crippen LogP contribution in [0.3, 0.4) is 0 Å². The van der Waals surface area contributed by atoms with Gasteiger partial charge in [-0.25, -0.2) is 4.98 Å². The Hall–Kier alpha value is -2.14. The highest BCUT2D eigenvalue weighted by molar-refractivity contribution is 5.77. The zero-order valence-electron chi connectivity index (χ0n) is 10.1. The van der Waals surface area contributed by atoms with Gasteiger partial charge in [0.1, 0.15) is 23.5 Å². The third-order valence-corrected chi connectivity index (χ3v) is 3.02. The van der Waals surface area contributed by atoms with Crippen LogP contribution in [0.2, 0.25) is 0 Å². The molecule has 3 aromatic rings. The van der Waals surface area contributed by atoms with Crippen molar-refractivity contribution in [3.8, 4) is 0 Å². The second-order valence-electron chi connectivity index (χ2n) is 4.30. The molecule has 0 aliphatic carbocycles. The lowest BCUT2D eigenvalue weighted by atomic mass is 10.1. The predicted molar refractivity (Wildman–Crippen MR) is 67.8 cm³/mol. The minimum Gasteiger partial charge on any atom is -0.459 e. The lowest BCUT2D eigenvalue weighted by molar-refractivity contribution is 0.483. The largest absolute Gasteiger partial charge is 0.459 e. The molecule has 0 saturated carbocycles. The summed E-state index contributed by atoms with van der Waals surface area (Å²) in [6.07, 6.45) is 2.14. The summed E-state index contributed by atoms with van der Waals surface area (Å²) in [5.74, 6) is 1.63. The Labute approximate surface area is 104 Å². The van der Waals surface area contributed by atoms with Crippen molar-refractivity contribution in [2.45, 2.75) is 12.5 Å². The Morgan fingerprint density at radius 2 is 2.22 bits per heavy atom. The van der Waals surface area contributed by atoms with Gasteiger partial charge in [-0.05, 0) is 12.1 Å². The lowest BCUT2D eigenvalue weighted by Crippen LogP contribution is -2.15. The van der Waals surface area contributed by atoms with Gasteiger partial charge in [-0.3, -0.25) is 4.68 Å². The quantitative estimate of drug-likeness (QED) is 0.760. The van der Waals surface area contributed by atoms with Gasteiger partial charge in [-0.1, -0.05) is 18.2 Å². The highest BCUT2D eigenvalue weighted by Crippen LogP contribution is 2.24. The fourth-order valence-electron chi connectivity index (χ4n) is 1.99. The van der Waals surface area contributed by atoms with Crippen molar-refractivity contribution in [2.75, 3.05) is 0 Å². The Balaban J connectivity index is 1.88. The van der Waals surface area contributed by atoms with E-state index in [9.17, 15) is 0 Å². The van der Waals surface area contributed by atoms with Gasteiger partial charge in [0.05, 0.1) is 6.04 Å². The molecule has 0 amide bonds. The summed E-state index contributed by atoms with van der Waals surface area (Å²) in [5, 5.41) is 5.10. The lowest BCUT2D eigenvalue weighted by Gasteiger charge is -2.07. The number of hydrogen-bond donors (Lipinski definition) is 1. The summed E-state index contributed by atoms with van der Waals surface area (Å²) < 4.78 is 7.46. The molecule has 1 unspecified atom stereocenters. The van der Waals surface area contributed by atoms with Crippen LogP contribution in [0.15, 0.2) is 41.1 Å². The van der Waals surface area contributed by atoms with Crippen molar-refractivity contribution < 1.29 is 4.42 Å². The zero-order valence-corrected chi connectivity index (χ0v) is 10.1. The summed E-state index contributed by atoms with van der Waals surface area (Å²) in [7, 11) is 1.85. The molecule has 0 aliphatic heterocycles. The van der Waals surface area contributed by atoms with E-state index < -0.39 is 0 Å². The van der Waals surface area contributed by atoms with Crippen LogP contribution < -0.4 is 5.73 Å². The molecule has 1 atom stereocenters. The third-order valence-electron chi connectivity index (χ3n) is 3.02. The number of furan rings is 1. The van der Waals surface area contributed by atoms with Crippen LogP contribution in [0.4, 0.5) is 0 Å². The molecule has 5 nitrogen and oxygen atoms in total. The summed E-state index contributed by atoms with van der Waals surface area (Å²) in [6.45, 7) is 0. The van der Waals surface area contributed by atoms with Gasteiger partial charge in [0.25, 0.3) is 0 Å². The number of nitrogens with zero attached hydrogens (tertiary/aromatic N) is 3. The van der Waals surface area contributed by atoms with Crippen molar-refractivity contribution in [2.24, 2.45) is 12.8 Å². The normalized spacial score (nSPS) is 13.0. The maximum Gasteiger partial charge on any atom is 0.138 e. The van der Waals surface area contributed by atoms with Crippen molar-refractivity contribution in [1.29, 1.82) is 0 Å². The first-order valence-electron chi connectivity index (χ1n) is 5.81. The molecule has 1 aromatic carbocycles. The maximum atomic E-state index is 6.14. The minimum absolute atomic E-state index is 0.208. The molecule has 2 aromatic heterocycles. The standard InChI is InChI=1S/C13H14N4O/c1-17-13(15-8-16-17)7-10(14)12-6-9-4-2-3-5-11(9)18-12/h2-6,8,10H,7,14H2,1H3. The van der Waals surface area contributed by atoms with E-state index in [0.29, 0.717) is 6.42 Å². The number of benzene rings is 1. The number of aromatic nitrogens is 3. The minimum atomic E-state index is -0.208. The first kappa shape index (κ1) is 11.0. The summed E-state index contributed by atoms with van der Waals surface area (Å²) >= 11 is 0. The average molecular weight is 242 g/mol. The van der Waals surface area contributed by atoms with Gasteiger partial charge in [0, 0.05) is 18.9 Å². The van der Waals surface area contributed by atoms with E-state index in [1.165, 1.54) is 6.33 Å². The Kier molecular flexibility index (Phi) is 2.60. The fraction of sp³-hybridized carbons (Fsp3) is 0.231. The summed E-state index contributed by atoms with van der Waals surface area (Å²) in [4.78, 5) is 4.17. The molecule has 2 heterocycles. The second kappa shape index (κ2) is 4.27. The maximum absolute atomic E-state index is 6.14. The highest BCUT2D eigenvalue weighted by Gasteiger charge is 2.15. The van der Waals surface area contributed by atoms with Crippen LogP contribution in [0.1, 0.15) is 17.6 Å². The van der Waals surface area contributed by atoms with Crippen LogP contribution in [-0.2, 0) is 13.5 Å². The molecule has 18 heavy (non-hydrogen) atoms. The van der Waals surface area contributed by atoms with Crippen LogP contribution in [0, 0.1) is 0 Å². The molecule has 3 rings (SSSR count). The van der Waals surface area contributed by atoms with Crippen LogP contribution in [0.5, 0.6) is 0 Å².